The Morgan fingerprint density at radius 1 is 1.14 bits per heavy atom. The van der Waals surface area contributed by atoms with Gasteiger partial charge in [-0.05, 0) is 6.92 Å². The highest BCUT2D eigenvalue weighted by Gasteiger charge is 1.34. The first-order valence-electron chi connectivity index (χ1n) is 2.37. The fourth-order valence-corrected chi connectivity index (χ4v) is 0. The third-order valence-corrected chi connectivity index (χ3v) is 0. The zero-order chi connectivity index (χ0) is 10.1. The van der Waals surface area contributed by atoms with Crippen molar-refractivity contribution >= 4 is 12.6 Å². The maximum absolute atomic E-state index is 8.36. The second-order valence-electron chi connectivity index (χ2n) is 0.505. The van der Waals surface area contributed by atoms with Crippen LogP contribution in [0.1, 0.15) is 29.2 Å². The van der Waals surface area contributed by atoms with E-state index in [0.717, 1.165) is 7.11 Å². The SMILES string of the molecule is C.C.C.CCO.CO.O=C=O.O=CO. The molecule has 6 heteroatoms. The Labute approximate surface area is 86.2 Å². The van der Waals surface area contributed by atoms with Crippen LogP contribution in [-0.2, 0) is 14.4 Å². The minimum absolute atomic E-state index is 0. The van der Waals surface area contributed by atoms with Gasteiger partial charge in [0.05, 0.1) is 0 Å². The van der Waals surface area contributed by atoms with Crippen LogP contribution in [0.3, 0.4) is 0 Å². The summed E-state index contributed by atoms with van der Waals surface area (Å²) in [6.07, 6.45) is 0.250. The van der Waals surface area contributed by atoms with E-state index in [1.807, 2.05) is 0 Å². The molecule has 0 aromatic carbocycles. The predicted molar refractivity (Wildman–Crippen MR) is 54.8 cm³/mol. The number of aliphatic hydroxyl groups excluding tert-OH is 2. The molecule has 92 valence electrons. The molecular formula is C8H24O6. The van der Waals surface area contributed by atoms with Gasteiger partial charge in [-0.2, -0.15) is 9.59 Å². The van der Waals surface area contributed by atoms with Crippen molar-refractivity contribution in [2.45, 2.75) is 29.2 Å². The van der Waals surface area contributed by atoms with E-state index in [1.165, 1.54) is 0 Å². The van der Waals surface area contributed by atoms with Crippen molar-refractivity contribution in [2.24, 2.45) is 0 Å². The summed E-state index contributed by atoms with van der Waals surface area (Å²) < 4.78 is 0. The second-order valence-corrected chi connectivity index (χ2v) is 0.505. The third kappa shape index (κ3) is 680. The van der Waals surface area contributed by atoms with Crippen molar-refractivity contribution in [3.8, 4) is 0 Å². The fraction of sp³-hybridized carbons (Fsp3) is 0.750. The van der Waals surface area contributed by atoms with Crippen LogP contribution in [0.5, 0.6) is 0 Å². The molecule has 0 aliphatic heterocycles. The van der Waals surface area contributed by atoms with Gasteiger partial charge >= 0.3 is 6.15 Å². The zero-order valence-corrected chi connectivity index (χ0v) is 6.35. The van der Waals surface area contributed by atoms with E-state index in [2.05, 4.69) is 0 Å². The quantitative estimate of drug-likeness (QED) is 0.512. The lowest BCUT2D eigenvalue weighted by molar-refractivity contribution is -0.191. The smallest absolute Gasteiger partial charge is 0.373 e. The Morgan fingerprint density at radius 3 is 1.14 bits per heavy atom. The Balaban J connectivity index is -0.00000000880. The molecule has 0 rings (SSSR count). The van der Waals surface area contributed by atoms with Crippen molar-refractivity contribution in [3.05, 3.63) is 0 Å². The molecule has 14 heavy (non-hydrogen) atoms. The monoisotopic (exact) mass is 216 g/mol. The maximum atomic E-state index is 8.36. The van der Waals surface area contributed by atoms with E-state index >= 15 is 0 Å². The molecule has 0 amide bonds. The van der Waals surface area contributed by atoms with Gasteiger partial charge < -0.3 is 15.3 Å². The highest BCUT2D eigenvalue weighted by Crippen LogP contribution is 1.30. The average molecular weight is 216 g/mol. The van der Waals surface area contributed by atoms with E-state index in [4.69, 9.17) is 29.7 Å². The summed E-state index contributed by atoms with van der Waals surface area (Å²) in [5.41, 5.74) is 0. The van der Waals surface area contributed by atoms with E-state index in [1.54, 1.807) is 6.92 Å². The molecule has 0 aliphatic carbocycles. The van der Waals surface area contributed by atoms with Crippen molar-refractivity contribution in [2.75, 3.05) is 13.7 Å². The molecule has 0 aromatic heterocycles. The molecular weight excluding hydrogens is 192 g/mol. The molecule has 0 aromatic rings. The van der Waals surface area contributed by atoms with Crippen molar-refractivity contribution in [3.63, 3.8) is 0 Å². The predicted octanol–water partition coefficient (Wildman–Crippen LogP) is 0.633. The summed E-state index contributed by atoms with van der Waals surface area (Å²) in [7, 11) is 1.00. The lowest BCUT2D eigenvalue weighted by Crippen LogP contribution is -1.57. The van der Waals surface area contributed by atoms with Gasteiger partial charge in [0.15, 0.2) is 0 Å². The summed E-state index contributed by atoms with van der Waals surface area (Å²) in [6.45, 7) is 1.68. The summed E-state index contributed by atoms with van der Waals surface area (Å²) in [5.74, 6) is 0. The molecule has 0 atom stereocenters. The average Bonchev–Trinajstić information content (AvgIpc) is 1.96. The van der Waals surface area contributed by atoms with Crippen LogP contribution < -0.4 is 0 Å². The van der Waals surface area contributed by atoms with E-state index in [-0.39, 0.29) is 41.5 Å². The minimum Gasteiger partial charge on any atom is -0.483 e. The lowest BCUT2D eigenvalue weighted by atomic mass is 10.9. The largest absolute Gasteiger partial charge is 0.483 e. The second kappa shape index (κ2) is 436. The molecule has 0 heterocycles. The standard InChI is InChI=1S/C2H6O.CH2O2.CO2.CH4O.3CH4/c1-2-3;2*2-1-3;1-2;;;/h3H,2H2,1H3;1H,(H,2,3);;2H,1H3;3*1H4. The van der Waals surface area contributed by atoms with Crippen molar-refractivity contribution < 1.29 is 29.7 Å². The van der Waals surface area contributed by atoms with Crippen LogP contribution in [0.4, 0.5) is 0 Å². The van der Waals surface area contributed by atoms with E-state index < -0.39 is 0 Å². The first-order valence-corrected chi connectivity index (χ1v) is 2.37. The van der Waals surface area contributed by atoms with Crippen LogP contribution in [0.15, 0.2) is 0 Å². The molecule has 0 radical (unpaired) electrons. The van der Waals surface area contributed by atoms with Gasteiger partial charge in [-0.1, -0.05) is 22.3 Å². The highest BCUT2D eigenvalue weighted by molar-refractivity contribution is 5.32. The molecule has 0 unspecified atom stereocenters. The molecule has 0 saturated carbocycles. The Hall–Kier alpha value is -1.23. The summed E-state index contributed by atoms with van der Waals surface area (Å²) in [6, 6.07) is 0. The first-order chi connectivity index (χ1) is 5.24. The van der Waals surface area contributed by atoms with Gasteiger partial charge in [0, 0.05) is 13.7 Å². The van der Waals surface area contributed by atoms with Crippen molar-refractivity contribution in [1.82, 2.24) is 0 Å². The number of aliphatic hydroxyl groups is 2. The third-order valence-electron chi connectivity index (χ3n) is 0. The number of carbonyl (C=O) groups excluding carboxylic acids is 2. The number of carbonyl (C=O) groups is 1. The zero-order valence-electron chi connectivity index (χ0n) is 6.35. The Bertz CT molecular complexity index is 68.2. The fourth-order valence-electron chi connectivity index (χ4n) is 0. The highest BCUT2D eigenvalue weighted by atomic mass is 16.3. The number of hydrogen-bond acceptors (Lipinski definition) is 5. The Morgan fingerprint density at radius 2 is 1.14 bits per heavy atom. The normalized spacial score (nSPS) is 3.14. The van der Waals surface area contributed by atoms with Gasteiger partial charge in [0.1, 0.15) is 0 Å². The lowest BCUT2D eigenvalue weighted by Gasteiger charge is -1.52. The number of hydrogen-bond donors (Lipinski definition) is 3. The first kappa shape index (κ1) is 53.1. The van der Waals surface area contributed by atoms with Crippen LogP contribution in [-0.4, -0.2) is 41.7 Å². The number of rotatable bonds is 0. The van der Waals surface area contributed by atoms with Gasteiger partial charge in [-0.15, -0.1) is 0 Å². The summed E-state index contributed by atoms with van der Waals surface area (Å²) in [4.78, 5) is 24.6. The van der Waals surface area contributed by atoms with Crippen LogP contribution >= 0.6 is 0 Å². The van der Waals surface area contributed by atoms with Gasteiger partial charge in [-0.25, -0.2) is 0 Å². The van der Waals surface area contributed by atoms with E-state index in [0.29, 0.717) is 0 Å². The van der Waals surface area contributed by atoms with Crippen LogP contribution in [0.2, 0.25) is 0 Å². The Kier molecular flexibility index (Phi) is 1650. The topological polar surface area (TPSA) is 112 Å². The van der Waals surface area contributed by atoms with Gasteiger partial charge in [-0.3, -0.25) is 4.79 Å². The summed E-state index contributed by atoms with van der Waals surface area (Å²) in [5, 5.41) is 21.5. The molecule has 0 aliphatic rings. The molecule has 3 N–H and O–H groups in total. The minimum atomic E-state index is -0.250. The number of carboxylic acid groups (broad SMARTS) is 1. The molecule has 0 bridgehead atoms. The van der Waals surface area contributed by atoms with Crippen molar-refractivity contribution in [1.29, 1.82) is 0 Å². The molecule has 0 fully saturated rings. The molecule has 6 nitrogen and oxygen atoms in total. The summed E-state index contributed by atoms with van der Waals surface area (Å²) >= 11 is 0. The van der Waals surface area contributed by atoms with Crippen LogP contribution in [0.25, 0.3) is 0 Å². The molecule has 0 spiro atoms. The van der Waals surface area contributed by atoms with E-state index in [9.17, 15) is 0 Å². The van der Waals surface area contributed by atoms with Gasteiger partial charge in [0.2, 0.25) is 0 Å². The van der Waals surface area contributed by atoms with Gasteiger partial charge in [0.25, 0.3) is 6.47 Å². The molecule has 0 saturated heterocycles. The maximum Gasteiger partial charge on any atom is 0.373 e. The van der Waals surface area contributed by atoms with Crippen LogP contribution in [0, 0.1) is 0 Å².